The summed E-state index contributed by atoms with van der Waals surface area (Å²) in [5.41, 5.74) is 0.358. The van der Waals surface area contributed by atoms with Gasteiger partial charge in [-0.1, -0.05) is 0 Å². The molecule has 1 atom stereocenters. The van der Waals surface area contributed by atoms with E-state index >= 15 is 0 Å². The summed E-state index contributed by atoms with van der Waals surface area (Å²) in [6, 6.07) is 0. The monoisotopic (exact) mass is 210 g/mol. The highest BCUT2D eigenvalue weighted by atomic mass is 16.5. The van der Waals surface area contributed by atoms with Crippen molar-refractivity contribution in [2.24, 2.45) is 0 Å². The smallest absolute Gasteiger partial charge is 0.358 e. The number of ether oxygens (including phenoxy) is 2. The maximum absolute atomic E-state index is 11.3. The zero-order valence-corrected chi connectivity index (χ0v) is 8.68. The molecule has 2 heterocycles. The van der Waals surface area contributed by atoms with Gasteiger partial charge in [-0.15, -0.1) is 0 Å². The van der Waals surface area contributed by atoms with Gasteiger partial charge in [0, 0.05) is 19.3 Å². The molecule has 1 saturated heterocycles. The van der Waals surface area contributed by atoms with Gasteiger partial charge in [0.2, 0.25) is 0 Å². The van der Waals surface area contributed by atoms with Crippen LogP contribution in [0.5, 0.6) is 0 Å². The summed E-state index contributed by atoms with van der Waals surface area (Å²) in [5.74, 6) is -0.370. The number of rotatable bonds is 4. The third-order valence-corrected chi connectivity index (χ3v) is 2.33. The Labute approximate surface area is 88.0 Å². The molecule has 0 saturated carbocycles. The molecule has 0 aliphatic carbocycles. The van der Waals surface area contributed by atoms with Gasteiger partial charge in [-0.2, -0.15) is 0 Å². The van der Waals surface area contributed by atoms with Crippen molar-refractivity contribution in [1.29, 1.82) is 0 Å². The van der Waals surface area contributed by atoms with Gasteiger partial charge in [0.1, 0.15) is 0 Å². The van der Waals surface area contributed by atoms with Crippen molar-refractivity contribution in [1.82, 2.24) is 9.55 Å². The van der Waals surface area contributed by atoms with E-state index in [0.717, 1.165) is 19.6 Å². The molecule has 1 aliphatic heterocycles. The highest BCUT2D eigenvalue weighted by molar-refractivity contribution is 5.86. The van der Waals surface area contributed by atoms with Gasteiger partial charge in [-0.25, -0.2) is 9.78 Å². The van der Waals surface area contributed by atoms with Crippen LogP contribution in [0.4, 0.5) is 0 Å². The summed E-state index contributed by atoms with van der Waals surface area (Å²) in [6.07, 6.45) is 4.68. The summed E-state index contributed by atoms with van der Waals surface area (Å²) in [6.45, 7) is 3.74. The molecule has 82 valence electrons. The highest BCUT2D eigenvalue weighted by Gasteiger charge is 2.19. The molecule has 0 spiro atoms. The molecule has 1 aromatic heterocycles. The van der Waals surface area contributed by atoms with Crippen LogP contribution in [0.1, 0.15) is 23.8 Å². The molecule has 5 heteroatoms. The zero-order chi connectivity index (χ0) is 10.7. The van der Waals surface area contributed by atoms with Gasteiger partial charge in [0.15, 0.2) is 5.69 Å². The van der Waals surface area contributed by atoms with E-state index in [-0.39, 0.29) is 12.1 Å². The Kier molecular flexibility index (Phi) is 3.01. The van der Waals surface area contributed by atoms with Crippen molar-refractivity contribution in [2.75, 3.05) is 13.2 Å². The SMILES string of the molecule is CCOC(=O)c1cn(C[C@@H]2CCO2)cn1. The molecule has 1 aliphatic rings. The summed E-state index contributed by atoms with van der Waals surface area (Å²) in [7, 11) is 0. The Morgan fingerprint density at radius 3 is 3.20 bits per heavy atom. The number of imidazole rings is 1. The quantitative estimate of drug-likeness (QED) is 0.691. The predicted molar refractivity (Wildman–Crippen MR) is 52.5 cm³/mol. The standard InChI is InChI=1S/C10H14N2O3/c1-2-14-10(13)9-6-12(7-11-9)5-8-3-4-15-8/h6-8H,2-5H2,1H3/t8-/m0/s1. The van der Waals surface area contributed by atoms with Crippen LogP contribution in [0, 0.1) is 0 Å². The van der Waals surface area contributed by atoms with Gasteiger partial charge in [0.05, 0.1) is 19.0 Å². The van der Waals surface area contributed by atoms with Crippen LogP contribution in [0.3, 0.4) is 0 Å². The molecule has 0 N–H and O–H groups in total. The van der Waals surface area contributed by atoms with Crippen LogP contribution in [-0.2, 0) is 16.0 Å². The van der Waals surface area contributed by atoms with E-state index in [0.29, 0.717) is 12.3 Å². The number of hydrogen-bond donors (Lipinski definition) is 0. The first kappa shape index (κ1) is 10.2. The number of hydrogen-bond acceptors (Lipinski definition) is 4. The lowest BCUT2D eigenvalue weighted by Crippen LogP contribution is -2.30. The number of nitrogens with zero attached hydrogens (tertiary/aromatic N) is 2. The predicted octanol–water partition coefficient (Wildman–Crippen LogP) is 0.849. The molecule has 0 radical (unpaired) electrons. The Hall–Kier alpha value is -1.36. The lowest BCUT2D eigenvalue weighted by molar-refractivity contribution is -0.0592. The van der Waals surface area contributed by atoms with Gasteiger partial charge >= 0.3 is 5.97 Å². The summed E-state index contributed by atoms with van der Waals surface area (Å²) < 4.78 is 12.0. The molecule has 5 nitrogen and oxygen atoms in total. The topological polar surface area (TPSA) is 53.4 Å². The largest absolute Gasteiger partial charge is 0.461 e. The van der Waals surface area contributed by atoms with Gasteiger partial charge < -0.3 is 14.0 Å². The van der Waals surface area contributed by atoms with Crippen molar-refractivity contribution < 1.29 is 14.3 Å². The van der Waals surface area contributed by atoms with E-state index in [4.69, 9.17) is 9.47 Å². The fraction of sp³-hybridized carbons (Fsp3) is 0.600. The fourth-order valence-corrected chi connectivity index (χ4v) is 1.43. The van der Waals surface area contributed by atoms with Crippen LogP contribution >= 0.6 is 0 Å². The maximum atomic E-state index is 11.3. The first-order valence-electron chi connectivity index (χ1n) is 5.10. The molecule has 0 amide bonds. The zero-order valence-electron chi connectivity index (χ0n) is 8.68. The third-order valence-electron chi connectivity index (χ3n) is 2.33. The minimum atomic E-state index is -0.370. The average Bonchev–Trinajstić information content (AvgIpc) is 2.60. The maximum Gasteiger partial charge on any atom is 0.358 e. The van der Waals surface area contributed by atoms with Crippen LogP contribution in [0.2, 0.25) is 0 Å². The van der Waals surface area contributed by atoms with Crippen molar-refractivity contribution in [3.63, 3.8) is 0 Å². The molecule has 0 aromatic carbocycles. The first-order chi connectivity index (χ1) is 7.29. The molecule has 0 unspecified atom stereocenters. The molecular formula is C10H14N2O3. The summed E-state index contributed by atoms with van der Waals surface area (Å²) in [4.78, 5) is 15.3. The lowest BCUT2D eigenvalue weighted by Gasteiger charge is -2.26. The Morgan fingerprint density at radius 2 is 2.60 bits per heavy atom. The van der Waals surface area contributed by atoms with Crippen LogP contribution < -0.4 is 0 Å². The second kappa shape index (κ2) is 4.44. The van der Waals surface area contributed by atoms with E-state index < -0.39 is 0 Å². The van der Waals surface area contributed by atoms with Crippen LogP contribution in [0.25, 0.3) is 0 Å². The Bertz CT molecular complexity index is 344. The van der Waals surface area contributed by atoms with Crippen molar-refractivity contribution in [3.8, 4) is 0 Å². The lowest BCUT2D eigenvalue weighted by atomic mass is 10.2. The van der Waals surface area contributed by atoms with Crippen molar-refractivity contribution >= 4 is 5.97 Å². The second-order valence-electron chi connectivity index (χ2n) is 3.46. The van der Waals surface area contributed by atoms with E-state index in [1.54, 1.807) is 19.4 Å². The minimum absolute atomic E-state index is 0.272. The van der Waals surface area contributed by atoms with E-state index in [1.807, 2.05) is 4.57 Å². The molecular weight excluding hydrogens is 196 g/mol. The third kappa shape index (κ3) is 2.36. The minimum Gasteiger partial charge on any atom is -0.461 e. The van der Waals surface area contributed by atoms with Crippen molar-refractivity contribution in [2.45, 2.75) is 26.0 Å². The number of carbonyl (C=O) groups is 1. The molecule has 1 fully saturated rings. The van der Waals surface area contributed by atoms with Gasteiger partial charge in [-0.3, -0.25) is 0 Å². The number of aromatic nitrogens is 2. The Morgan fingerprint density at radius 1 is 1.80 bits per heavy atom. The first-order valence-corrected chi connectivity index (χ1v) is 5.10. The van der Waals surface area contributed by atoms with Crippen LogP contribution in [0.15, 0.2) is 12.5 Å². The average molecular weight is 210 g/mol. The molecule has 15 heavy (non-hydrogen) atoms. The van der Waals surface area contributed by atoms with E-state index in [9.17, 15) is 4.79 Å². The van der Waals surface area contributed by atoms with E-state index in [1.165, 1.54) is 0 Å². The highest BCUT2D eigenvalue weighted by Crippen LogP contribution is 2.13. The fourth-order valence-electron chi connectivity index (χ4n) is 1.43. The summed E-state index contributed by atoms with van der Waals surface area (Å²) in [5, 5.41) is 0. The van der Waals surface area contributed by atoms with Crippen molar-refractivity contribution in [3.05, 3.63) is 18.2 Å². The summed E-state index contributed by atoms with van der Waals surface area (Å²) >= 11 is 0. The second-order valence-corrected chi connectivity index (χ2v) is 3.46. The number of esters is 1. The normalized spacial score (nSPS) is 19.7. The Balaban J connectivity index is 1.93. The van der Waals surface area contributed by atoms with Gasteiger partial charge in [-0.05, 0) is 13.3 Å². The van der Waals surface area contributed by atoms with Gasteiger partial charge in [0.25, 0.3) is 0 Å². The molecule has 0 bridgehead atoms. The van der Waals surface area contributed by atoms with E-state index in [2.05, 4.69) is 4.98 Å². The number of carbonyl (C=O) groups excluding carboxylic acids is 1. The molecule has 2 rings (SSSR count). The molecule has 1 aromatic rings. The van der Waals surface area contributed by atoms with Crippen LogP contribution in [-0.4, -0.2) is 34.8 Å².